The van der Waals surface area contributed by atoms with Gasteiger partial charge in [0.05, 0.1) is 22.4 Å². The number of ether oxygens (including phenoxy) is 1. The van der Waals surface area contributed by atoms with Crippen molar-refractivity contribution in [1.29, 1.82) is 0 Å². The molecule has 5 nitrogen and oxygen atoms in total. The summed E-state index contributed by atoms with van der Waals surface area (Å²) in [5.41, 5.74) is 7.79. The van der Waals surface area contributed by atoms with Crippen LogP contribution in [-0.4, -0.2) is 73.8 Å². The van der Waals surface area contributed by atoms with Crippen LogP contribution in [0.2, 0.25) is 0 Å². The number of alkyl halides is 3. The molecule has 2 N–H and O–H groups in total. The number of hydrogen-bond donors (Lipinski definition) is 1. The Labute approximate surface area is 278 Å². The molecule has 0 amide bonds. The summed E-state index contributed by atoms with van der Waals surface area (Å²) in [5, 5.41) is 2.81. The minimum Gasteiger partial charge on any atom is -0.485 e. The number of anilines is 2. The second kappa shape index (κ2) is 13.9. The van der Waals surface area contributed by atoms with Crippen molar-refractivity contribution >= 4 is 51.2 Å². The fraction of sp³-hybridized carbons (Fsp3) is 0.361. The van der Waals surface area contributed by atoms with E-state index in [-0.39, 0.29) is 0 Å². The van der Waals surface area contributed by atoms with Gasteiger partial charge in [0.1, 0.15) is 6.61 Å². The van der Waals surface area contributed by atoms with Crippen LogP contribution in [0.1, 0.15) is 24.5 Å². The van der Waals surface area contributed by atoms with Gasteiger partial charge in [0.15, 0.2) is 5.05 Å². The van der Waals surface area contributed by atoms with E-state index in [2.05, 4.69) is 45.9 Å². The number of halogens is 3. The Morgan fingerprint density at radius 2 is 1.50 bits per heavy atom. The number of nitrogens with zero attached hydrogens (tertiary/aromatic N) is 3. The van der Waals surface area contributed by atoms with Gasteiger partial charge in [-0.15, -0.1) is 0 Å². The summed E-state index contributed by atoms with van der Waals surface area (Å²) < 4.78 is 46.8. The van der Waals surface area contributed by atoms with E-state index in [9.17, 15) is 13.2 Å². The van der Waals surface area contributed by atoms with Crippen molar-refractivity contribution in [2.45, 2.75) is 34.7 Å². The molecule has 4 aromatic carbocycles. The lowest BCUT2D eigenvalue weighted by atomic mass is 9.80. The zero-order valence-electron chi connectivity index (χ0n) is 25.9. The van der Waals surface area contributed by atoms with Gasteiger partial charge in [-0.1, -0.05) is 66.4 Å². The number of hydrogen-bond acceptors (Lipinski definition) is 7. The summed E-state index contributed by atoms with van der Waals surface area (Å²) in [6.07, 6.45) is -3.53. The third-order valence-corrected chi connectivity index (χ3v) is 10.9. The van der Waals surface area contributed by atoms with E-state index in [1.165, 1.54) is 23.9 Å². The number of para-hydroxylation sites is 1. The molecule has 0 bridgehead atoms. The summed E-state index contributed by atoms with van der Waals surface area (Å²) in [4.78, 5) is 8.80. The van der Waals surface area contributed by atoms with Gasteiger partial charge in [0.2, 0.25) is 0 Å². The third-order valence-electron chi connectivity index (χ3n) is 9.16. The van der Waals surface area contributed by atoms with E-state index in [0.717, 1.165) is 77.5 Å². The average Bonchev–Trinajstić information content (AvgIpc) is 3.07. The van der Waals surface area contributed by atoms with Crippen molar-refractivity contribution in [2.75, 3.05) is 63.9 Å². The molecule has 0 radical (unpaired) electrons. The van der Waals surface area contributed by atoms with Gasteiger partial charge < -0.3 is 20.3 Å². The second-order valence-corrected chi connectivity index (χ2v) is 13.6. The molecule has 242 valence electrons. The zero-order valence-corrected chi connectivity index (χ0v) is 27.6. The van der Waals surface area contributed by atoms with E-state index >= 15 is 0 Å². The lowest BCUT2D eigenvalue weighted by molar-refractivity contribution is -0.137. The maximum Gasteiger partial charge on any atom is 0.416 e. The van der Waals surface area contributed by atoms with Gasteiger partial charge in [-0.25, -0.2) is 0 Å². The molecule has 2 aliphatic rings. The Kier molecular flexibility index (Phi) is 9.91. The van der Waals surface area contributed by atoms with Crippen LogP contribution in [0.15, 0.2) is 94.7 Å². The van der Waals surface area contributed by atoms with Gasteiger partial charge >= 0.3 is 6.18 Å². The standard InChI is InChI=1S/C36H39F3N4OS2/c1-35(25-40,29-11-6-9-26-8-2-3-10-28(26)29)34(45)44-23-22-42-20-18-41(19-21-42)16-7-17-43-30-12-4-5-13-32(30)46-33-15-14-27(24-31(33)43)36(37,38)39/h2-6,8-15,24H,7,16-23,25,40H2,1H3. The first-order valence-corrected chi connectivity index (χ1v) is 17.0. The lowest BCUT2D eigenvalue weighted by Crippen LogP contribution is -2.48. The number of rotatable bonds is 10. The van der Waals surface area contributed by atoms with Gasteiger partial charge in [-0.3, -0.25) is 4.90 Å². The maximum atomic E-state index is 13.6. The molecule has 2 heterocycles. The van der Waals surface area contributed by atoms with Crippen molar-refractivity contribution in [2.24, 2.45) is 5.73 Å². The van der Waals surface area contributed by atoms with Crippen LogP contribution in [-0.2, 0) is 16.3 Å². The molecule has 10 heteroatoms. The van der Waals surface area contributed by atoms with Gasteiger partial charge in [0, 0.05) is 55.6 Å². The van der Waals surface area contributed by atoms with Crippen LogP contribution in [0, 0.1) is 0 Å². The van der Waals surface area contributed by atoms with Gasteiger partial charge in [0.25, 0.3) is 0 Å². The highest BCUT2D eigenvalue weighted by atomic mass is 32.2. The van der Waals surface area contributed by atoms with Crippen molar-refractivity contribution in [3.05, 3.63) is 96.1 Å². The van der Waals surface area contributed by atoms with E-state index in [1.807, 2.05) is 42.5 Å². The highest BCUT2D eigenvalue weighted by Crippen LogP contribution is 2.49. The average molecular weight is 665 g/mol. The summed E-state index contributed by atoms with van der Waals surface area (Å²) in [5.74, 6) is 0. The molecule has 0 aliphatic carbocycles. The zero-order chi connectivity index (χ0) is 32.3. The minimum atomic E-state index is -4.38. The molecule has 0 spiro atoms. The fourth-order valence-corrected chi connectivity index (χ4v) is 7.72. The predicted molar refractivity (Wildman–Crippen MR) is 185 cm³/mol. The number of nitrogens with two attached hydrogens (primary N) is 1. The maximum absolute atomic E-state index is 13.6. The van der Waals surface area contributed by atoms with Crippen molar-refractivity contribution in [1.82, 2.24) is 9.80 Å². The Morgan fingerprint density at radius 3 is 2.26 bits per heavy atom. The SMILES string of the molecule is CC(CN)(C(=S)OCCN1CCN(CCCN2c3ccccc3Sc3ccc(C(F)(F)F)cc32)CC1)c1cccc2ccccc12. The van der Waals surface area contributed by atoms with E-state index < -0.39 is 17.2 Å². The highest BCUT2D eigenvalue weighted by Gasteiger charge is 2.35. The molecule has 1 fully saturated rings. The first-order valence-electron chi connectivity index (χ1n) is 15.7. The van der Waals surface area contributed by atoms with Crippen LogP contribution < -0.4 is 10.6 Å². The van der Waals surface area contributed by atoms with Crippen LogP contribution >= 0.6 is 24.0 Å². The van der Waals surface area contributed by atoms with Crippen LogP contribution in [0.4, 0.5) is 24.5 Å². The van der Waals surface area contributed by atoms with Crippen molar-refractivity contribution < 1.29 is 17.9 Å². The Balaban J connectivity index is 0.994. The van der Waals surface area contributed by atoms with Crippen LogP contribution in [0.5, 0.6) is 0 Å². The van der Waals surface area contributed by atoms with Crippen LogP contribution in [0.25, 0.3) is 10.8 Å². The minimum absolute atomic E-state index is 0.357. The topological polar surface area (TPSA) is 45.0 Å². The van der Waals surface area contributed by atoms with E-state index in [0.29, 0.717) is 30.4 Å². The van der Waals surface area contributed by atoms with Crippen LogP contribution in [0.3, 0.4) is 0 Å². The highest BCUT2D eigenvalue weighted by molar-refractivity contribution is 7.99. The molecule has 1 saturated heterocycles. The molecular weight excluding hydrogens is 626 g/mol. The molecule has 6 rings (SSSR count). The molecule has 1 atom stereocenters. The number of fused-ring (bicyclic) bond motifs is 3. The normalized spacial score (nSPS) is 16.9. The first-order chi connectivity index (χ1) is 22.2. The fourth-order valence-electron chi connectivity index (χ4n) is 6.37. The quantitative estimate of drug-likeness (QED) is 0.174. The van der Waals surface area contributed by atoms with E-state index in [1.54, 1.807) is 6.07 Å². The first kappa shape index (κ1) is 32.8. The van der Waals surface area contributed by atoms with Crippen molar-refractivity contribution in [3.8, 4) is 0 Å². The summed E-state index contributed by atoms with van der Waals surface area (Å²) in [6.45, 7) is 8.95. The molecule has 1 unspecified atom stereocenters. The molecule has 0 saturated carbocycles. The number of piperazine rings is 1. The Morgan fingerprint density at radius 1 is 0.826 bits per heavy atom. The smallest absolute Gasteiger partial charge is 0.416 e. The Hall–Kier alpha value is -3.15. The summed E-state index contributed by atoms with van der Waals surface area (Å²) >= 11 is 7.33. The second-order valence-electron chi connectivity index (χ2n) is 12.1. The molecular formula is C36H39F3N4OS2. The van der Waals surface area contributed by atoms with E-state index in [4.69, 9.17) is 22.7 Å². The third kappa shape index (κ3) is 6.92. The summed E-state index contributed by atoms with van der Waals surface area (Å²) in [7, 11) is 0. The largest absolute Gasteiger partial charge is 0.485 e. The van der Waals surface area contributed by atoms with Gasteiger partial charge in [-0.05, 0) is 78.8 Å². The summed E-state index contributed by atoms with van der Waals surface area (Å²) in [6, 6.07) is 26.5. The monoisotopic (exact) mass is 664 g/mol. The lowest BCUT2D eigenvalue weighted by Gasteiger charge is -2.36. The van der Waals surface area contributed by atoms with Crippen molar-refractivity contribution in [3.63, 3.8) is 0 Å². The number of benzene rings is 4. The molecule has 2 aliphatic heterocycles. The number of thiocarbonyl (C=S) groups is 1. The Bertz CT molecular complexity index is 1690. The predicted octanol–water partition coefficient (Wildman–Crippen LogP) is 7.73. The van der Waals surface area contributed by atoms with Gasteiger partial charge in [-0.2, -0.15) is 13.2 Å². The molecule has 46 heavy (non-hydrogen) atoms. The molecule has 0 aromatic heterocycles. The molecule has 4 aromatic rings.